The summed E-state index contributed by atoms with van der Waals surface area (Å²) >= 11 is 0. The lowest BCUT2D eigenvalue weighted by molar-refractivity contribution is 0.230. The summed E-state index contributed by atoms with van der Waals surface area (Å²) in [5, 5.41) is 2.75. The molecule has 1 rings (SSSR count). The van der Waals surface area contributed by atoms with E-state index in [2.05, 4.69) is 5.32 Å². The maximum Gasteiger partial charge on any atom is 0.321 e. The molecule has 0 saturated carbocycles. The average Bonchev–Trinajstić information content (AvgIpc) is 2.18. The van der Waals surface area contributed by atoms with E-state index >= 15 is 0 Å². The topological polar surface area (TPSA) is 58.4 Å². The normalized spacial score (nSPS) is 9.00. The van der Waals surface area contributed by atoms with Gasteiger partial charge in [0, 0.05) is 26.3 Å². The van der Waals surface area contributed by atoms with Crippen LogP contribution in [0.15, 0.2) is 24.3 Å². The van der Waals surface area contributed by atoms with Crippen LogP contribution in [0.3, 0.4) is 0 Å². The Morgan fingerprint density at radius 3 is 2.67 bits per heavy atom. The SMILES string of the molecule is CN(C)C(=O)Nc1cccc(CN)c1.Cl. The molecule has 0 fully saturated rings. The van der Waals surface area contributed by atoms with Gasteiger partial charge in [-0.1, -0.05) is 12.1 Å². The van der Waals surface area contributed by atoms with Crippen molar-refractivity contribution in [3.05, 3.63) is 29.8 Å². The summed E-state index contributed by atoms with van der Waals surface area (Å²) < 4.78 is 0. The van der Waals surface area contributed by atoms with Crippen LogP contribution < -0.4 is 11.1 Å². The number of amides is 2. The number of nitrogens with zero attached hydrogens (tertiary/aromatic N) is 1. The van der Waals surface area contributed by atoms with Crippen molar-refractivity contribution < 1.29 is 4.79 Å². The highest BCUT2D eigenvalue weighted by Crippen LogP contribution is 2.10. The molecule has 0 unspecified atom stereocenters. The summed E-state index contributed by atoms with van der Waals surface area (Å²) in [6, 6.07) is 7.35. The van der Waals surface area contributed by atoms with E-state index in [9.17, 15) is 4.79 Å². The maximum atomic E-state index is 11.3. The van der Waals surface area contributed by atoms with Gasteiger partial charge in [-0.25, -0.2) is 4.79 Å². The van der Waals surface area contributed by atoms with E-state index in [-0.39, 0.29) is 18.4 Å². The fourth-order valence-electron chi connectivity index (χ4n) is 1.01. The molecule has 1 aromatic rings. The third-order valence-electron chi connectivity index (χ3n) is 1.82. The number of hydrogen-bond donors (Lipinski definition) is 2. The molecular formula is C10H16ClN3O. The van der Waals surface area contributed by atoms with E-state index < -0.39 is 0 Å². The molecule has 2 amide bonds. The van der Waals surface area contributed by atoms with Crippen LogP contribution in [0.25, 0.3) is 0 Å². The molecule has 0 aromatic heterocycles. The van der Waals surface area contributed by atoms with Gasteiger partial charge in [0.05, 0.1) is 0 Å². The fraction of sp³-hybridized carbons (Fsp3) is 0.300. The number of nitrogens with one attached hydrogen (secondary N) is 1. The van der Waals surface area contributed by atoms with Crippen LogP contribution in [0, 0.1) is 0 Å². The third kappa shape index (κ3) is 4.18. The highest BCUT2D eigenvalue weighted by atomic mass is 35.5. The molecule has 5 heteroatoms. The first-order valence-corrected chi connectivity index (χ1v) is 4.41. The Balaban J connectivity index is 0.00000196. The van der Waals surface area contributed by atoms with Crippen molar-refractivity contribution >= 4 is 24.1 Å². The van der Waals surface area contributed by atoms with Crippen LogP contribution in [0.2, 0.25) is 0 Å². The van der Waals surface area contributed by atoms with Crippen LogP contribution in [-0.2, 0) is 6.54 Å². The highest BCUT2D eigenvalue weighted by Gasteiger charge is 2.03. The molecular weight excluding hydrogens is 214 g/mol. The second-order valence-corrected chi connectivity index (χ2v) is 3.23. The lowest BCUT2D eigenvalue weighted by Crippen LogP contribution is -2.27. The number of hydrogen-bond acceptors (Lipinski definition) is 2. The second kappa shape index (κ2) is 6.27. The molecule has 0 aliphatic carbocycles. The minimum atomic E-state index is -0.140. The van der Waals surface area contributed by atoms with Crippen LogP contribution >= 0.6 is 12.4 Å². The first-order chi connectivity index (χ1) is 6.63. The molecule has 15 heavy (non-hydrogen) atoms. The molecule has 0 spiro atoms. The average molecular weight is 230 g/mol. The van der Waals surface area contributed by atoms with E-state index in [0.717, 1.165) is 11.3 Å². The summed E-state index contributed by atoms with van der Waals surface area (Å²) in [5.74, 6) is 0. The predicted molar refractivity (Wildman–Crippen MR) is 64.3 cm³/mol. The molecule has 1 aromatic carbocycles. The lowest BCUT2D eigenvalue weighted by atomic mass is 10.2. The predicted octanol–water partition coefficient (Wildman–Crippen LogP) is 1.66. The summed E-state index contributed by atoms with van der Waals surface area (Å²) in [5.41, 5.74) is 7.26. The Labute approximate surface area is 95.9 Å². The molecule has 0 saturated heterocycles. The molecule has 0 heterocycles. The number of carbonyl (C=O) groups excluding carboxylic acids is 1. The zero-order chi connectivity index (χ0) is 10.6. The standard InChI is InChI=1S/C10H15N3O.ClH/c1-13(2)10(14)12-9-5-3-4-8(6-9)7-11;/h3-6H,7,11H2,1-2H3,(H,12,14);1H. The Morgan fingerprint density at radius 1 is 1.47 bits per heavy atom. The van der Waals surface area contributed by atoms with Crippen LogP contribution in [0.1, 0.15) is 5.56 Å². The van der Waals surface area contributed by atoms with Gasteiger partial charge in [-0.2, -0.15) is 0 Å². The monoisotopic (exact) mass is 229 g/mol. The van der Waals surface area contributed by atoms with Crippen molar-refractivity contribution in [2.75, 3.05) is 19.4 Å². The Bertz CT molecular complexity index is 328. The minimum absolute atomic E-state index is 0. The van der Waals surface area contributed by atoms with Crippen LogP contribution in [0.5, 0.6) is 0 Å². The molecule has 0 aliphatic heterocycles. The fourth-order valence-corrected chi connectivity index (χ4v) is 1.01. The number of anilines is 1. The van der Waals surface area contributed by atoms with E-state index in [4.69, 9.17) is 5.73 Å². The van der Waals surface area contributed by atoms with Gasteiger partial charge in [0.2, 0.25) is 0 Å². The van der Waals surface area contributed by atoms with Crippen molar-refractivity contribution in [3.8, 4) is 0 Å². The first-order valence-electron chi connectivity index (χ1n) is 4.41. The molecule has 0 aliphatic rings. The number of urea groups is 1. The minimum Gasteiger partial charge on any atom is -0.331 e. The van der Waals surface area contributed by atoms with Gasteiger partial charge < -0.3 is 16.0 Å². The maximum absolute atomic E-state index is 11.3. The van der Waals surface area contributed by atoms with Crippen molar-refractivity contribution in [2.45, 2.75) is 6.54 Å². The lowest BCUT2D eigenvalue weighted by Gasteiger charge is -2.12. The Kier molecular flexibility index (Phi) is 5.74. The third-order valence-corrected chi connectivity index (χ3v) is 1.82. The van der Waals surface area contributed by atoms with Crippen molar-refractivity contribution in [3.63, 3.8) is 0 Å². The van der Waals surface area contributed by atoms with Gasteiger partial charge in [0.25, 0.3) is 0 Å². The van der Waals surface area contributed by atoms with Crippen LogP contribution in [0.4, 0.5) is 10.5 Å². The Hall–Kier alpha value is -1.26. The van der Waals surface area contributed by atoms with Gasteiger partial charge in [-0.15, -0.1) is 12.4 Å². The van der Waals surface area contributed by atoms with Gasteiger partial charge in [-0.3, -0.25) is 0 Å². The summed E-state index contributed by atoms with van der Waals surface area (Å²) in [7, 11) is 3.39. The summed E-state index contributed by atoms with van der Waals surface area (Å²) in [6.45, 7) is 0.478. The molecule has 4 nitrogen and oxygen atoms in total. The van der Waals surface area contributed by atoms with E-state index in [1.807, 2.05) is 24.3 Å². The van der Waals surface area contributed by atoms with Crippen molar-refractivity contribution in [2.24, 2.45) is 5.73 Å². The highest BCUT2D eigenvalue weighted by molar-refractivity contribution is 5.88. The number of halogens is 1. The Morgan fingerprint density at radius 2 is 2.13 bits per heavy atom. The van der Waals surface area contributed by atoms with Gasteiger partial charge in [0.1, 0.15) is 0 Å². The smallest absolute Gasteiger partial charge is 0.321 e. The van der Waals surface area contributed by atoms with Gasteiger partial charge in [-0.05, 0) is 17.7 Å². The van der Waals surface area contributed by atoms with E-state index in [1.54, 1.807) is 14.1 Å². The van der Waals surface area contributed by atoms with E-state index in [0.29, 0.717) is 6.54 Å². The summed E-state index contributed by atoms with van der Waals surface area (Å²) in [6.07, 6.45) is 0. The number of carbonyl (C=O) groups is 1. The quantitative estimate of drug-likeness (QED) is 0.811. The van der Waals surface area contributed by atoms with E-state index in [1.165, 1.54) is 4.90 Å². The number of rotatable bonds is 2. The summed E-state index contributed by atoms with van der Waals surface area (Å²) in [4.78, 5) is 12.8. The van der Waals surface area contributed by atoms with Crippen molar-refractivity contribution in [1.82, 2.24) is 4.90 Å². The molecule has 0 radical (unpaired) electrons. The van der Waals surface area contributed by atoms with Crippen molar-refractivity contribution in [1.29, 1.82) is 0 Å². The largest absolute Gasteiger partial charge is 0.331 e. The molecule has 84 valence electrons. The molecule has 0 bridgehead atoms. The zero-order valence-corrected chi connectivity index (χ0v) is 9.67. The van der Waals surface area contributed by atoms with Gasteiger partial charge >= 0.3 is 6.03 Å². The second-order valence-electron chi connectivity index (χ2n) is 3.23. The number of nitrogens with two attached hydrogens (primary N) is 1. The first kappa shape index (κ1) is 13.7. The number of benzene rings is 1. The van der Waals surface area contributed by atoms with Crippen LogP contribution in [-0.4, -0.2) is 25.0 Å². The van der Waals surface area contributed by atoms with Gasteiger partial charge in [0.15, 0.2) is 0 Å². The zero-order valence-electron chi connectivity index (χ0n) is 8.86. The molecule has 3 N–H and O–H groups in total. The molecule has 0 atom stereocenters.